The molecule has 0 saturated carbocycles. The van der Waals surface area contributed by atoms with Crippen LogP contribution in [0.3, 0.4) is 0 Å². The number of aryl methyl sites for hydroxylation is 1. The number of hydrogen-bond donors (Lipinski definition) is 1. The van der Waals surface area contributed by atoms with E-state index in [0.717, 1.165) is 5.56 Å². The standard InChI is InChI=1S/C29H25FN4O4S/c1-33-15-5-9-23(33)28(36)34-29(39-27(32-34)19-11-13-21(30)14-12-19)22-8-4-10-24(25(22)37-2)38-17-18-6-3-7-20(16-18)26(31)35/h3-16,29H,17H2,1-2H3,(H2,31,35). The number of para-hydroxylation sites is 1. The maximum atomic E-state index is 13.6. The monoisotopic (exact) mass is 544 g/mol. The number of thioether (sulfide) groups is 1. The zero-order valence-electron chi connectivity index (χ0n) is 21.2. The molecule has 0 bridgehead atoms. The Morgan fingerprint density at radius 2 is 1.82 bits per heavy atom. The second kappa shape index (κ2) is 11.0. The van der Waals surface area contributed by atoms with Gasteiger partial charge in [-0.15, -0.1) is 0 Å². The van der Waals surface area contributed by atoms with Crippen LogP contribution in [0.5, 0.6) is 11.5 Å². The number of nitrogens with two attached hydrogens (primary N) is 1. The Morgan fingerprint density at radius 1 is 1.05 bits per heavy atom. The number of hydrogen-bond acceptors (Lipinski definition) is 6. The minimum absolute atomic E-state index is 0.169. The first-order valence-electron chi connectivity index (χ1n) is 12.0. The zero-order chi connectivity index (χ0) is 27.5. The highest BCUT2D eigenvalue weighted by atomic mass is 32.2. The Balaban J connectivity index is 1.49. The molecule has 2 N–H and O–H groups in total. The van der Waals surface area contributed by atoms with Crippen LogP contribution in [-0.4, -0.2) is 33.5 Å². The van der Waals surface area contributed by atoms with Gasteiger partial charge in [-0.1, -0.05) is 36.0 Å². The van der Waals surface area contributed by atoms with E-state index in [1.54, 1.807) is 66.3 Å². The van der Waals surface area contributed by atoms with E-state index in [1.807, 2.05) is 18.2 Å². The Morgan fingerprint density at radius 3 is 2.51 bits per heavy atom. The minimum atomic E-state index is -0.579. The van der Waals surface area contributed by atoms with Crippen molar-refractivity contribution in [3.63, 3.8) is 0 Å². The SMILES string of the molecule is COc1c(OCc2cccc(C(N)=O)c2)cccc1C1SC(c2ccc(F)cc2)=NN1C(=O)c1cccn1C. The van der Waals surface area contributed by atoms with Gasteiger partial charge in [0.25, 0.3) is 5.91 Å². The number of nitrogens with zero attached hydrogens (tertiary/aromatic N) is 3. The summed E-state index contributed by atoms with van der Waals surface area (Å²) in [4.78, 5) is 25.2. The van der Waals surface area contributed by atoms with Crippen molar-refractivity contribution in [3.8, 4) is 11.5 Å². The summed E-state index contributed by atoms with van der Waals surface area (Å²) < 4.78 is 27.2. The van der Waals surface area contributed by atoms with Gasteiger partial charge < -0.3 is 19.8 Å². The first-order chi connectivity index (χ1) is 18.9. The summed E-state index contributed by atoms with van der Waals surface area (Å²) in [6, 6.07) is 21.8. The molecular formula is C29H25FN4O4S. The zero-order valence-corrected chi connectivity index (χ0v) is 22.0. The summed E-state index contributed by atoms with van der Waals surface area (Å²) in [5.74, 6) is -0.269. The van der Waals surface area contributed by atoms with Crippen molar-refractivity contribution in [2.75, 3.05) is 7.11 Å². The quantitative estimate of drug-likeness (QED) is 0.333. The molecule has 10 heteroatoms. The molecule has 2 amide bonds. The number of primary amides is 1. The Bertz CT molecular complexity index is 1570. The highest BCUT2D eigenvalue weighted by Gasteiger charge is 2.37. The van der Waals surface area contributed by atoms with E-state index >= 15 is 0 Å². The molecule has 198 valence electrons. The van der Waals surface area contributed by atoms with Gasteiger partial charge in [0.2, 0.25) is 5.91 Å². The first kappa shape index (κ1) is 26.1. The lowest BCUT2D eigenvalue weighted by atomic mass is 10.1. The molecule has 0 saturated heterocycles. The van der Waals surface area contributed by atoms with E-state index in [9.17, 15) is 14.0 Å². The Labute approximate surface area is 228 Å². The largest absolute Gasteiger partial charge is 0.492 e. The van der Waals surface area contributed by atoms with Crippen molar-refractivity contribution < 1.29 is 23.5 Å². The molecule has 4 aromatic rings. The van der Waals surface area contributed by atoms with Crippen LogP contribution in [0.2, 0.25) is 0 Å². The number of benzene rings is 3. The van der Waals surface area contributed by atoms with Crippen molar-refractivity contribution in [2.45, 2.75) is 12.0 Å². The van der Waals surface area contributed by atoms with Crippen molar-refractivity contribution in [1.82, 2.24) is 9.58 Å². The highest BCUT2D eigenvalue weighted by molar-refractivity contribution is 8.14. The lowest BCUT2D eigenvalue weighted by Crippen LogP contribution is -2.28. The number of aromatic nitrogens is 1. The summed E-state index contributed by atoms with van der Waals surface area (Å²) in [5, 5.41) is 6.06. The Hall–Kier alpha value is -4.57. The molecule has 3 aromatic carbocycles. The fourth-order valence-electron chi connectivity index (χ4n) is 4.23. The third-order valence-corrected chi connectivity index (χ3v) is 7.41. The van der Waals surface area contributed by atoms with Crippen molar-refractivity contribution in [3.05, 3.63) is 119 Å². The van der Waals surface area contributed by atoms with Crippen LogP contribution in [0.15, 0.2) is 90.2 Å². The molecule has 2 heterocycles. The van der Waals surface area contributed by atoms with Gasteiger partial charge in [-0.2, -0.15) is 5.10 Å². The number of carbonyl (C=O) groups is 2. The van der Waals surface area contributed by atoms with Gasteiger partial charge in [-0.25, -0.2) is 9.40 Å². The van der Waals surface area contributed by atoms with E-state index in [-0.39, 0.29) is 18.3 Å². The van der Waals surface area contributed by atoms with E-state index < -0.39 is 11.3 Å². The van der Waals surface area contributed by atoms with Crippen LogP contribution in [0, 0.1) is 5.82 Å². The lowest BCUT2D eigenvalue weighted by Gasteiger charge is -2.24. The molecule has 0 spiro atoms. The summed E-state index contributed by atoms with van der Waals surface area (Å²) in [6.45, 7) is 0.169. The van der Waals surface area contributed by atoms with Gasteiger partial charge in [0.05, 0.1) is 7.11 Å². The average molecular weight is 545 g/mol. The third kappa shape index (κ3) is 5.37. The van der Waals surface area contributed by atoms with Gasteiger partial charge in [-0.05, 0) is 60.2 Å². The lowest BCUT2D eigenvalue weighted by molar-refractivity contribution is 0.0737. The van der Waals surface area contributed by atoms with Crippen LogP contribution in [0.4, 0.5) is 4.39 Å². The summed E-state index contributed by atoms with van der Waals surface area (Å²) in [7, 11) is 3.32. The topological polar surface area (TPSA) is 99.2 Å². The van der Waals surface area contributed by atoms with E-state index in [2.05, 4.69) is 5.10 Å². The molecule has 5 rings (SSSR count). The van der Waals surface area contributed by atoms with Crippen molar-refractivity contribution in [2.24, 2.45) is 17.9 Å². The van der Waals surface area contributed by atoms with Gasteiger partial charge in [0.15, 0.2) is 11.5 Å². The highest BCUT2D eigenvalue weighted by Crippen LogP contribution is 2.47. The van der Waals surface area contributed by atoms with E-state index in [0.29, 0.717) is 38.9 Å². The third-order valence-electron chi connectivity index (χ3n) is 6.19. The molecule has 0 aliphatic carbocycles. The molecule has 39 heavy (non-hydrogen) atoms. The fourth-order valence-corrected chi connectivity index (χ4v) is 5.40. The smallest absolute Gasteiger partial charge is 0.291 e. The van der Waals surface area contributed by atoms with Gasteiger partial charge >= 0.3 is 0 Å². The molecule has 0 fully saturated rings. The molecular weight excluding hydrogens is 519 g/mol. The Kier molecular flexibility index (Phi) is 7.38. The average Bonchev–Trinajstić information content (AvgIpc) is 3.58. The summed E-state index contributed by atoms with van der Waals surface area (Å²) >= 11 is 1.36. The van der Waals surface area contributed by atoms with E-state index in [1.165, 1.54) is 36.0 Å². The first-order valence-corrected chi connectivity index (χ1v) is 12.9. The molecule has 0 radical (unpaired) electrons. The molecule has 1 unspecified atom stereocenters. The van der Waals surface area contributed by atoms with Crippen molar-refractivity contribution >= 4 is 28.6 Å². The number of amides is 2. The number of hydrazone groups is 1. The number of methoxy groups -OCH3 is 1. The van der Waals surface area contributed by atoms with Crippen LogP contribution in [-0.2, 0) is 13.7 Å². The van der Waals surface area contributed by atoms with Crippen LogP contribution in [0.25, 0.3) is 0 Å². The van der Waals surface area contributed by atoms with Crippen LogP contribution < -0.4 is 15.2 Å². The van der Waals surface area contributed by atoms with Crippen LogP contribution in [0.1, 0.15) is 42.9 Å². The van der Waals surface area contributed by atoms with Gasteiger partial charge in [0, 0.05) is 29.9 Å². The maximum absolute atomic E-state index is 13.6. The predicted molar refractivity (Wildman–Crippen MR) is 147 cm³/mol. The second-order valence-electron chi connectivity index (χ2n) is 8.77. The van der Waals surface area contributed by atoms with E-state index in [4.69, 9.17) is 15.2 Å². The summed E-state index contributed by atoms with van der Waals surface area (Å²) in [5.41, 5.74) is 8.38. The molecule has 8 nitrogen and oxygen atoms in total. The minimum Gasteiger partial charge on any atom is -0.492 e. The number of carbonyl (C=O) groups excluding carboxylic acids is 2. The molecule has 1 atom stereocenters. The number of halogens is 1. The molecule has 1 aliphatic heterocycles. The fraction of sp³-hybridized carbons (Fsp3) is 0.138. The second-order valence-corrected chi connectivity index (χ2v) is 9.84. The van der Waals surface area contributed by atoms with Crippen molar-refractivity contribution in [1.29, 1.82) is 0 Å². The normalized spacial score (nSPS) is 14.7. The van der Waals surface area contributed by atoms with Crippen LogP contribution >= 0.6 is 11.8 Å². The number of ether oxygens (including phenoxy) is 2. The summed E-state index contributed by atoms with van der Waals surface area (Å²) in [6.07, 6.45) is 1.79. The predicted octanol–water partition coefficient (Wildman–Crippen LogP) is 5.10. The molecule has 1 aromatic heterocycles. The molecule has 1 aliphatic rings. The number of rotatable bonds is 8. The maximum Gasteiger partial charge on any atom is 0.291 e. The van der Waals surface area contributed by atoms with Gasteiger partial charge in [-0.3, -0.25) is 9.59 Å². The van der Waals surface area contributed by atoms with Gasteiger partial charge in [0.1, 0.15) is 28.5 Å².